The van der Waals surface area contributed by atoms with E-state index in [2.05, 4.69) is 0 Å². The van der Waals surface area contributed by atoms with Crippen LogP contribution >= 0.6 is 0 Å². The summed E-state index contributed by atoms with van der Waals surface area (Å²) in [5.41, 5.74) is 9.30. The molecule has 0 heterocycles. The molecule has 0 aliphatic rings. The van der Waals surface area contributed by atoms with Crippen molar-refractivity contribution in [3.05, 3.63) is 0 Å². The highest BCUT2D eigenvalue weighted by Crippen LogP contribution is 2.26. The van der Waals surface area contributed by atoms with Gasteiger partial charge < -0.3 is 20.9 Å². The van der Waals surface area contributed by atoms with Crippen LogP contribution in [-0.2, 0) is 9.47 Å². The smallest absolute Gasteiger partial charge is 0.405 e. The average molecular weight is 218 g/mol. The molecule has 0 spiro atoms. The number of rotatable bonds is 6. The molecule has 0 unspecified atom stereocenters. The molecular weight excluding hydrogens is 196 g/mol. The molecule has 5 heteroatoms. The Hall–Kier alpha value is -0.810. The molecular formula is C10H22N2O3. The van der Waals surface area contributed by atoms with Gasteiger partial charge in [0.1, 0.15) is 5.60 Å². The maximum absolute atomic E-state index is 10.7. The fourth-order valence-electron chi connectivity index (χ4n) is 1.72. The summed E-state index contributed by atoms with van der Waals surface area (Å²) in [5, 5.41) is 0. The van der Waals surface area contributed by atoms with E-state index in [1.165, 1.54) is 0 Å². The van der Waals surface area contributed by atoms with Gasteiger partial charge in [0.25, 0.3) is 0 Å². The normalized spacial score (nSPS) is 12.6. The van der Waals surface area contributed by atoms with Crippen LogP contribution in [0.3, 0.4) is 0 Å². The molecule has 0 aromatic rings. The van der Waals surface area contributed by atoms with Crippen molar-refractivity contribution < 1.29 is 14.3 Å². The Morgan fingerprint density at radius 1 is 1.20 bits per heavy atom. The topological polar surface area (TPSA) is 87.6 Å². The largest absolute Gasteiger partial charge is 0.444 e. The van der Waals surface area contributed by atoms with E-state index in [0.29, 0.717) is 19.6 Å². The second-order valence-electron chi connectivity index (χ2n) is 4.75. The highest BCUT2D eigenvalue weighted by molar-refractivity contribution is 5.65. The molecule has 0 saturated heterocycles. The molecule has 0 aromatic carbocycles. The van der Waals surface area contributed by atoms with Crippen molar-refractivity contribution in [2.24, 2.45) is 11.5 Å². The Labute approximate surface area is 91.1 Å². The number of amides is 1. The third-order valence-corrected chi connectivity index (χ3v) is 1.84. The Balaban J connectivity index is 4.22. The number of carbonyl (C=O) groups excluding carboxylic acids is 1. The van der Waals surface area contributed by atoms with Crippen molar-refractivity contribution in [2.75, 3.05) is 13.2 Å². The van der Waals surface area contributed by atoms with E-state index in [4.69, 9.17) is 20.9 Å². The molecule has 1 amide bonds. The number of primary amides is 1. The summed E-state index contributed by atoms with van der Waals surface area (Å²) in [5.74, 6) is 0. The van der Waals surface area contributed by atoms with Crippen LogP contribution < -0.4 is 11.5 Å². The molecule has 5 nitrogen and oxygen atoms in total. The van der Waals surface area contributed by atoms with Crippen LogP contribution in [-0.4, -0.2) is 30.4 Å². The molecule has 0 aliphatic carbocycles. The zero-order chi connectivity index (χ0) is 12.1. The molecule has 0 aliphatic heterocycles. The van der Waals surface area contributed by atoms with E-state index in [1.807, 2.05) is 13.8 Å². The van der Waals surface area contributed by atoms with E-state index >= 15 is 0 Å². The van der Waals surface area contributed by atoms with Crippen LogP contribution in [0, 0.1) is 0 Å². The van der Waals surface area contributed by atoms with Gasteiger partial charge in [0, 0.05) is 13.0 Å². The molecule has 0 rings (SSSR count). The van der Waals surface area contributed by atoms with Crippen molar-refractivity contribution in [1.29, 1.82) is 0 Å². The van der Waals surface area contributed by atoms with Gasteiger partial charge in [0.15, 0.2) is 0 Å². The lowest BCUT2D eigenvalue weighted by atomic mass is 9.92. The predicted octanol–water partition coefficient (Wildman–Crippen LogP) is 1.00. The minimum atomic E-state index is -0.769. The molecule has 0 bridgehead atoms. The summed E-state index contributed by atoms with van der Waals surface area (Å²) in [6.45, 7) is 8.40. The monoisotopic (exact) mass is 218 g/mol. The zero-order valence-corrected chi connectivity index (χ0v) is 10.0. The Morgan fingerprint density at radius 3 is 2.13 bits per heavy atom. The van der Waals surface area contributed by atoms with Gasteiger partial charge in [0.2, 0.25) is 0 Å². The van der Waals surface area contributed by atoms with Gasteiger partial charge in [-0.1, -0.05) is 0 Å². The van der Waals surface area contributed by atoms with Crippen LogP contribution in [0.4, 0.5) is 4.79 Å². The Kier molecular flexibility index (Phi) is 5.03. The molecule has 4 N–H and O–H groups in total. The fraction of sp³-hybridized carbons (Fsp3) is 0.900. The van der Waals surface area contributed by atoms with Gasteiger partial charge in [-0.2, -0.15) is 0 Å². The molecule has 90 valence electrons. The second-order valence-corrected chi connectivity index (χ2v) is 4.75. The molecule has 0 radical (unpaired) electrons. The standard InChI is InChI=1S/C10H22N2O3/c1-9(2,14-6-5-11)7-10(3,4)15-8(12)13/h5-7,11H2,1-4H3,(H2,12,13). The molecule has 0 aromatic heterocycles. The number of nitrogens with two attached hydrogens (primary N) is 2. The first-order valence-electron chi connectivity index (χ1n) is 5.01. The quantitative estimate of drug-likeness (QED) is 0.696. The number of ether oxygens (including phenoxy) is 2. The van der Waals surface area contributed by atoms with Crippen LogP contribution in [0.25, 0.3) is 0 Å². The second kappa shape index (κ2) is 5.32. The number of carbonyl (C=O) groups is 1. The van der Waals surface area contributed by atoms with E-state index in [-0.39, 0.29) is 0 Å². The highest BCUT2D eigenvalue weighted by Gasteiger charge is 2.31. The van der Waals surface area contributed by atoms with Gasteiger partial charge in [0.05, 0.1) is 12.2 Å². The first kappa shape index (κ1) is 14.2. The van der Waals surface area contributed by atoms with E-state index in [9.17, 15) is 4.79 Å². The first-order chi connectivity index (χ1) is 6.68. The Morgan fingerprint density at radius 2 is 1.73 bits per heavy atom. The van der Waals surface area contributed by atoms with Crippen LogP contribution in [0.5, 0.6) is 0 Å². The first-order valence-corrected chi connectivity index (χ1v) is 5.01. The summed E-state index contributed by atoms with van der Waals surface area (Å²) in [6, 6.07) is 0. The average Bonchev–Trinajstić information content (AvgIpc) is 1.95. The summed E-state index contributed by atoms with van der Waals surface area (Å²) in [7, 11) is 0. The third kappa shape index (κ3) is 7.16. The van der Waals surface area contributed by atoms with Gasteiger partial charge in [-0.05, 0) is 27.7 Å². The minimum Gasteiger partial charge on any atom is -0.444 e. The number of hydrogen-bond acceptors (Lipinski definition) is 4. The Bertz CT molecular complexity index is 215. The number of hydrogen-bond donors (Lipinski definition) is 2. The van der Waals surface area contributed by atoms with Crippen LogP contribution in [0.15, 0.2) is 0 Å². The summed E-state index contributed by atoms with van der Waals surface area (Å²) in [6.07, 6.45) is -0.210. The zero-order valence-electron chi connectivity index (χ0n) is 10.0. The van der Waals surface area contributed by atoms with Crippen molar-refractivity contribution in [3.8, 4) is 0 Å². The maximum Gasteiger partial charge on any atom is 0.405 e. The molecule has 0 atom stereocenters. The van der Waals surface area contributed by atoms with Gasteiger partial charge in [-0.3, -0.25) is 0 Å². The lowest BCUT2D eigenvalue weighted by molar-refractivity contribution is -0.0725. The van der Waals surface area contributed by atoms with E-state index in [0.717, 1.165) is 0 Å². The molecule has 15 heavy (non-hydrogen) atoms. The lowest BCUT2D eigenvalue weighted by Gasteiger charge is -2.34. The summed E-state index contributed by atoms with van der Waals surface area (Å²) >= 11 is 0. The van der Waals surface area contributed by atoms with Crippen molar-refractivity contribution in [3.63, 3.8) is 0 Å². The summed E-state index contributed by atoms with van der Waals surface area (Å²) < 4.78 is 10.5. The van der Waals surface area contributed by atoms with E-state index in [1.54, 1.807) is 13.8 Å². The van der Waals surface area contributed by atoms with Gasteiger partial charge in [-0.15, -0.1) is 0 Å². The summed E-state index contributed by atoms with van der Waals surface area (Å²) in [4.78, 5) is 10.7. The van der Waals surface area contributed by atoms with Crippen molar-refractivity contribution in [1.82, 2.24) is 0 Å². The van der Waals surface area contributed by atoms with Crippen LogP contribution in [0.1, 0.15) is 34.1 Å². The maximum atomic E-state index is 10.7. The van der Waals surface area contributed by atoms with Crippen molar-refractivity contribution in [2.45, 2.75) is 45.3 Å². The van der Waals surface area contributed by atoms with Gasteiger partial charge >= 0.3 is 6.09 Å². The fourth-order valence-corrected chi connectivity index (χ4v) is 1.72. The third-order valence-electron chi connectivity index (χ3n) is 1.84. The van der Waals surface area contributed by atoms with Gasteiger partial charge in [-0.25, -0.2) is 4.79 Å². The predicted molar refractivity (Wildman–Crippen MR) is 58.4 cm³/mol. The molecule has 0 saturated carbocycles. The van der Waals surface area contributed by atoms with Crippen LogP contribution in [0.2, 0.25) is 0 Å². The van der Waals surface area contributed by atoms with E-state index < -0.39 is 17.3 Å². The SMILES string of the molecule is CC(C)(CC(C)(C)OC(N)=O)OCCN. The molecule has 0 fully saturated rings. The minimum absolute atomic E-state index is 0.391. The lowest BCUT2D eigenvalue weighted by Crippen LogP contribution is -2.40. The van der Waals surface area contributed by atoms with Crippen molar-refractivity contribution >= 4 is 6.09 Å². The highest BCUT2D eigenvalue weighted by atomic mass is 16.6.